The van der Waals surface area contributed by atoms with Crippen molar-refractivity contribution < 1.29 is 22.7 Å². The number of rotatable bonds is 4. The lowest BCUT2D eigenvalue weighted by molar-refractivity contribution is -0.146. The van der Waals surface area contributed by atoms with Gasteiger partial charge in [-0.2, -0.15) is 0 Å². The number of carbonyl (C=O) groups excluding carboxylic acids is 2. The van der Waals surface area contributed by atoms with Gasteiger partial charge < -0.3 is 19.5 Å². The number of aromatic nitrogens is 1. The number of amides is 2. The number of H-pyrrole nitrogens is 1. The predicted molar refractivity (Wildman–Crippen MR) is 145 cm³/mol. The number of fused-ring (bicyclic) bond motifs is 1. The number of para-hydroxylation sites is 1. The van der Waals surface area contributed by atoms with Crippen LogP contribution in [0.25, 0.3) is 10.9 Å². The fourth-order valence-corrected chi connectivity index (χ4v) is 7.55. The van der Waals surface area contributed by atoms with Gasteiger partial charge in [-0.1, -0.05) is 35.9 Å². The summed E-state index contributed by atoms with van der Waals surface area (Å²) < 4.78 is 34.1. The molecule has 2 aliphatic heterocycles. The summed E-state index contributed by atoms with van der Waals surface area (Å²) in [7, 11) is -3.99. The average molecular weight is 538 g/mol. The molecule has 8 nitrogen and oxygen atoms in total. The second-order valence-corrected chi connectivity index (χ2v) is 13.5. The highest BCUT2D eigenvalue weighted by atomic mass is 32.2. The second kappa shape index (κ2) is 9.45. The van der Waals surface area contributed by atoms with Crippen molar-refractivity contribution in [3.8, 4) is 0 Å². The van der Waals surface area contributed by atoms with Gasteiger partial charge in [0, 0.05) is 42.3 Å². The van der Waals surface area contributed by atoms with Crippen LogP contribution in [0.4, 0.5) is 4.79 Å². The highest BCUT2D eigenvalue weighted by Crippen LogP contribution is 2.46. The van der Waals surface area contributed by atoms with Crippen molar-refractivity contribution in [1.82, 2.24) is 14.8 Å². The summed E-state index contributed by atoms with van der Waals surface area (Å²) in [6.07, 6.45) is 2.99. The summed E-state index contributed by atoms with van der Waals surface area (Å²) in [4.78, 5) is 33.6. The molecule has 2 fully saturated rings. The van der Waals surface area contributed by atoms with Crippen molar-refractivity contribution in [3.63, 3.8) is 0 Å². The van der Waals surface area contributed by atoms with Gasteiger partial charge in [-0.3, -0.25) is 4.79 Å². The van der Waals surface area contributed by atoms with E-state index in [-0.39, 0.29) is 17.3 Å². The molecule has 2 atom stereocenters. The number of piperidine rings is 1. The molecule has 2 aliphatic rings. The number of ether oxygens (including phenoxy) is 1. The van der Waals surface area contributed by atoms with Crippen LogP contribution in [-0.4, -0.2) is 60.4 Å². The number of benzene rings is 2. The van der Waals surface area contributed by atoms with E-state index in [1.807, 2.05) is 52.0 Å². The largest absolute Gasteiger partial charge is 0.444 e. The van der Waals surface area contributed by atoms with Crippen molar-refractivity contribution in [3.05, 3.63) is 65.9 Å². The number of nitrogens with one attached hydrogen (secondary N) is 1. The van der Waals surface area contributed by atoms with E-state index >= 15 is 0 Å². The molecule has 9 heteroatoms. The average Bonchev–Trinajstić information content (AvgIpc) is 3.47. The molecule has 1 spiro atoms. The highest BCUT2D eigenvalue weighted by Gasteiger charge is 2.53. The van der Waals surface area contributed by atoms with Crippen molar-refractivity contribution >= 4 is 32.7 Å². The smallest absolute Gasteiger partial charge is 0.410 e. The van der Waals surface area contributed by atoms with Crippen molar-refractivity contribution in [2.75, 3.05) is 19.6 Å². The summed E-state index contributed by atoms with van der Waals surface area (Å²) in [5.74, 6) is -0.222. The molecule has 202 valence electrons. The van der Waals surface area contributed by atoms with Crippen LogP contribution in [0.2, 0.25) is 0 Å². The maximum absolute atomic E-state index is 14.3. The number of hydrogen-bond acceptors (Lipinski definition) is 5. The first-order valence-electron chi connectivity index (χ1n) is 13.1. The summed E-state index contributed by atoms with van der Waals surface area (Å²) >= 11 is 0. The molecule has 3 heterocycles. The zero-order chi connectivity index (χ0) is 27.3. The summed E-state index contributed by atoms with van der Waals surface area (Å²) in [5, 5.41) is -0.427. The van der Waals surface area contributed by atoms with Gasteiger partial charge in [0.2, 0.25) is 15.7 Å². The van der Waals surface area contributed by atoms with Crippen molar-refractivity contribution in [1.29, 1.82) is 0 Å². The lowest BCUT2D eigenvalue weighted by Gasteiger charge is -2.42. The van der Waals surface area contributed by atoms with E-state index in [0.29, 0.717) is 37.9 Å². The Bertz CT molecular complexity index is 1470. The number of carbonyl (C=O) groups is 2. The van der Waals surface area contributed by atoms with Gasteiger partial charge in [0.05, 0.1) is 10.3 Å². The van der Waals surface area contributed by atoms with Gasteiger partial charge in [0.1, 0.15) is 5.60 Å². The molecule has 0 radical (unpaired) electrons. The molecular formula is C29H35N3O5S. The molecule has 0 saturated carbocycles. The first kappa shape index (κ1) is 26.3. The third-order valence-corrected chi connectivity index (χ3v) is 9.61. The maximum Gasteiger partial charge on any atom is 0.410 e. The summed E-state index contributed by atoms with van der Waals surface area (Å²) in [6, 6.07) is 14.3. The molecule has 0 aliphatic carbocycles. The van der Waals surface area contributed by atoms with Crippen LogP contribution < -0.4 is 0 Å². The minimum atomic E-state index is -3.99. The molecular weight excluding hydrogens is 502 g/mol. The number of aromatic amines is 1. The SMILES string of the molecule is Cc1ccc(S(=O)(=O)C(c2c[nH]c3ccccc23)N2CCCC3(CCN(C(=O)OC(C)(C)C)C3)C2=O)cc1. The molecule has 38 heavy (non-hydrogen) atoms. The van der Waals surface area contributed by atoms with Crippen LogP contribution in [0.1, 0.15) is 56.5 Å². The monoisotopic (exact) mass is 537 g/mol. The topological polar surface area (TPSA) is 99.8 Å². The zero-order valence-corrected chi connectivity index (χ0v) is 23.2. The van der Waals surface area contributed by atoms with E-state index in [0.717, 1.165) is 16.5 Å². The molecule has 2 amide bonds. The maximum atomic E-state index is 14.3. The van der Waals surface area contributed by atoms with E-state index in [4.69, 9.17) is 4.74 Å². The normalized spacial score (nSPS) is 21.3. The third kappa shape index (κ3) is 4.68. The third-order valence-electron chi connectivity index (χ3n) is 7.59. The van der Waals surface area contributed by atoms with Gasteiger partial charge in [0.15, 0.2) is 5.37 Å². The van der Waals surface area contributed by atoms with Crippen LogP contribution >= 0.6 is 0 Å². The molecule has 0 bridgehead atoms. The zero-order valence-electron chi connectivity index (χ0n) is 22.4. The Balaban J connectivity index is 1.55. The molecule has 2 unspecified atom stereocenters. The molecule has 5 rings (SSSR count). The fourth-order valence-electron chi connectivity index (χ4n) is 5.72. The number of sulfone groups is 1. The van der Waals surface area contributed by atoms with Crippen LogP contribution in [0.5, 0.6) is 0 Å². The lowest BCUT2D eigenvalue weighted by atomic mass is 9.78. The van der Waals surface area contributed by atoms with E-state index < -0.39 is 32.3 Å². The quantitative estimate of drug-likeness (QED) is 0.493. The summed E-state index contributed by atoms with van der Waals surface area (Å²) in [6.45, 7) is 8.29. The van der Waals surface area contributed by atoms with Gasteiger partial charge in [-0.25, -0.2) is 13.2 Å². The number of nitrogens with zero attached hydrogens (tertiary/aromatic N) is 2. The lowest BCUT2D eigenvalue weighted by Crippen LogP contribution is -2.53. The number of hydrogen-bond donors (Lipinski definition) is 1. The Kier molecular flexibility index (Phi) is 6.54. The van der Waals surface area contributed by atoms with Crippen LogP contribution in [0.15, 0.2) is 59.6 Å². The van der Waals surface area contributed by atoms with Gasteiger partial charge in [0.25, 0.3) is 0 Å². The minimum absolute atomic E-state index is 0.174. The molecule has 2 aromatic carbocycles. The fraction of sp³-hybridized carbons (Fsp3) is 0.448. The summed E-state index contributed by atoms with van der Waals surface area (Å²) in [5.41, 5.74) is 0.838. The minimum Gasteiger partial charge on any atom is -0.444 e. The first-order valence-corrected chi connectivity index (χ1v) is 14.6. The molecule has 1 N–H and O–H groups in total. The first-order chi connectivity index (χ1) is 17.9. The molecule has 1 aromatic heterocycles. The van der Waals surface area contributed by atoms with Gasteiger partial charge >= 0.3 is 6.09 Å². The van der Waals surface area contributed by atoms with E-state index in [1.165, 1.54) is 4.90 Å². The molecule has 2 saturated heterocycles. The molecule has 3 aromatic rings. The van der Waals surface area contributed by atoms with Crippen LogP contribution in [-0.2, 0) is 19.4 Å². The van der Waals surface area contributed by atoms with Crippen molar-refractivity contribution in [2.24, 2.45) is 5.41 Å². The Morgan fingerprint density at radius 2 is 1.76 bits per heavy atom. The highest BCUT2D eigenvalue weighted by molar-refractivity contribution is 7.91. The second-order valence-electron chi connectivity index (χ2n) is 11.5. The van der Waals surface area contributed by atoms with E-state index in [9.17, 15) is 18.0 Å². The Labute approximate surface area is 223 Å². The Hall–Kier alpha value is -3.33. The van der Waals surface area contributed by atoms with E-state index in [1.54, 1.807) is 35.4 Å². The standard InChI is InChI=1S/C29H35N3O5S/c1-20-10-12-21(13-11-20)38(35,36)25(23-18-30-24-9-6-5-8-22(23)24)32-16-7-14-29(26(32)33)15-17-31(19-29)27(34)37-28(2,3)4/h5-6,8-13,18,25,30H,7,14-17,19H2,1-4H3. The Morgan fingerprint density at radius 1 is 1.05 bits per heavy atom. The Morgan fingerprint density at radius 3 is 2.47 bits per heavy atom. The predicted octanol–water partition coefficient (Wildman–Crippen LogP) is 5.20. The van der Waals surface area contributed by atoms with E-state index in [2.05, 4.69) is 4.98 Å². The van der Waals surface area contributed by atoms with Crippen molar-refractivity contribution in [2.45, 2.75) is 62.8 Å². The number of likely N-dealkylation sites (tertiary alicyclic amines) is 2. The van der Waals surface area contributed by atoms with Gasteiger partial charge in [-0.05, 0) is 65.2 Å². The van der Waals surface area contributed by atoms with Gasteiger partial charge in [-0.15, -0.1) is 0 Å². The number of aryl methyl sites for hydroxylation is 1. The van der Waals surface area contributed by atoms with Crippen LogP contribution in [0, 0.1) is 12.3 Å². The van der Waals surface area contributed by atoms with Crippen LogP contribution in [0.3, 0.4) is 0 Å².